The van der Waals surface area contributed by atoms with Gasteiger partial charge in [-0.1, -0.05) is 203 Å². The number of rotatable bonds is 10. The van der Waals surface area contributed by atoms with Crippen LogP contribution in [0.4, 0.5) is 0 Å². The van der Waals surface area contributed by atoms with Crippen molar-refractivity contribution in [1.82, 2.24) is 0 Å². The maximum Gasteiger partial charge on any atom is 0.212 e. The topological polar surface area (TPSA) is 15.5 Å². The van der Waals surface area contributed by atoms with Crippen LogP contribution in [0.15, 0.2) is 255 Å². The molecule has 8 aromatic carbocycles. The van der Waals surface area contributed by atoms with Gasteiger partial charge in [0.15, 0.2) is 24.8 Å². The molecule has 1 aliphatic rings. The Hall–Kier alpha value is -9.64. The molecule has 1 saturated carbocycles. The molecule has 468 valence electrons. The predicted octanol–water partition coefficient (Wildman–Crippen LogP) is 21.0. The highest BCUT2D eigenvalue weighted by Crippen LogP contribution is 2.36. The summed E-state index contributed by atoms with van der Waals surface area (Å²) < 4.78 is 94.8. The fourth-order valence-corrected chi connectivity index (χ4v) is 12.4. The van der Waals surface area contributed by atoms with E-state index in [1.54, 1.807) is 38.5 Å². The van der Waals surface area contributed by atoms with Crippen LogP contribution in [0.25, 0.3) is 89.5 Å². The molecule has 0 atom stereocenters. The van der Waals surface area contributed by atoms with Gasteiger partial charge in [0.05, 0.1) is 0 Å². The van der Waals surface area contributed by atoms with Gasteiger partial charge < -0.3 is 0 Å². The van der Waals surface area contributed by atoms with Crippen LogP contribution < -0.4 is 18.3 Å². The molecule has 4 nitrogen and oxygen atoms in total. The van der Waals surface area contributed by atoms with Crippen molar-refractivity contribution in [3.05, 3.63) is 311 Å². The third-order valence-electron chi connectivity index (χ3n) is 17.9. The Bertz CT molecular complexity index is 4980. The molecule has 4 heterocycles. The molecule has 0 bridgehead atoms. The van der Waals surface area contributed by atoms with Crippen LogP contribution in [0.2, 0.25) is 0 Å². The lowest BCUT2D eigenvalue weighted by atomic mass is 9.84. The maximum absolute atomic E-state index is 9.01. The van der Waals surface area contributed by atoms with Crippen LogP contribution in [0.5, 0.6) is 0 Å². The van der Waals surface area contributed by atoms with E-state index in [4.69, 9.17) is 15.1 Å². The molecule has 0 radical (unpaired) electrons. The molecule has 0 spiro atoms. The standard InChI is InChI=1S/C25H28N.C23H26N.C21H22N.C20H20N/c1-19-13-14-22(20-9-5-3-6-10-20)17-24(19)25-18-23(15-16-26(25)2)21-11-7-4-8-12-21;1-16(2)21-14-23(24(5)15-18(21)4)22-13-20(12-11-17(22)3)19-9-7-6-8-10-19;1-15-10-11-19(18-8-6-5-7-9-18)13-20(15)21-12-16(2)17(3)14-22(21)4;1-15-9-12-20(21(3)14-15)19-13-18(11-10-16(19)2)17-7-5-4-6-8-17/h3,5-6,9-10,13-18,21H,4,7-8,11-12H2,1-2H3;6-16H,1-5H3;5-14H,1-4H3;4-14H,1-3H3/q4*+1/i21D;4D3,16D;3D3;1D3. The average molecular weight is 1230 g/mol. The highest BCUT2D eigenvalue weighted by Gasteiger charge is 2.23. The second-order valence-corrected chi connectivity index (χ2v) is 25.0. The van der Waals surface area contributed by atoms with Crippen LogP contribution in [0, 0.1) is 55.2 Å². The predicted molar refractivity (Wildman–Crippen MR) is 392 cm³/mol. The largest absolute Gasteiger partial charge is 0.212 e. The first-order valence-electron chi connectivity index (χ1n) is 37.9. The summed E-state index contributed by atoms with van der Waals surface area (Å²) >= 11 is 0. The molecular formula is C89H96N4+4. The number of hydrogen-bond donors (Lipinski definition) is 0. The van der Waals surface area contributed by atoms with Crippen LogP contribution in [0.1, 0.15) is 128 Å². The van der Waals surface area contributed by atoms with E-state index in [2.05, 4.69) is 190 Å². The zero-order valence-corrected chi connectivity index (χ0v) is 56.1. The molecule has 1 aliphatic carbocycles. The van der Waals surface area contributed by atoms with Crippen LogP contribution in [-0.4, -0.2) is 0 Å². The lowest BCUT2D eigenvalue weighted by Crippen LogP contribution is -2.32. The smallest absolute Gasteiger partial charge is 0.201 e. The van der Waals surface area contributed by atoms with Crippen molar-refractivity contribution in [2.45, 2.75) is 113 Å². The summed E-state index contributed by atoms with van der Waals surface area (Å²) in [6, 6.07) is 78.9. The zero-order chi connectivity index (χ0) is 75.1. The van der Waals surface area contributed by atoms with Gasteiger partial charge in [-0.2, -0.15) is 0 Å². The third-order valence-corrected chi connectivity index (χ3v) is 17.9. The van der Waals surface area contributed by atoms with E-state index in [1.807, 2.05) is 121 Å². The Morgan fingerprint density at radius 1 is 0.344 bits per heavy atom. The van der Waals surface area contributed by atoms with E-state index in [9.17, 15) is 0 Å². The highest BCUT2D eigenvalue weighted by atomic mass is 14.9. The molecule has 93 heavy (non-hydrogen) atoms. The van der Waals surface area contributed by atoms with E-state index < -0.39 is 32.3 Å². The molecule has 0 saturated heterocycles. The number of hydrogen-bond acceptors (Lipinski definition) is 0. The Morgan fingerprint density at radius 2 is 0.731 bits per heavy atom. The minimum absolute atomic E-state index is 0.232. The first kappa shape index (κ1) is 52.9. The molecule has 4 aromatic heterocycles. The van der Waals surface area contributed by atoms with Crippen molar-refractivity contribution in [1.29, 1.82) is 0 Å². The number of aryl methyl sites for hydroxylation is 12. The van der Waals surface area contributed by atoms with Gasteiger partial charge in [0.25, 0.3) is 0 Å². The van der Waals surface area contributed by atoms with E-state index >= 15 is 0 Å². The summed E-state index contributed by atoms with van der Waals surface area (Å²) in [5.41, 5.74) is 26.1. The summed E-state index contributed by atoms with van der Waals surface area (Å²) in [5, 5.41) is 0. The lowest BCUT2D eigenvalue weighted by Gasteiger charge is -2.22. The van der Waals surface area contributed by atoms with Crippen molar-refractivity contribution < 1.29 is 33.3 Å². The normalized spacial score (nSPS) is 14.6. The molecule has 1 fully saturated rings. The summed E-state index contributed by atoms with van der Waals surface area (Å²) in [6.45, 7) is 7.26. The quantitative estimate of drug-likeness (QED) is 0.121. The Balaban J connectivity index is 0.000000149. The molecule has 0 N–H and O–H groups in total. The number of aromatic nitrogens is 4. The molecule has 13 rings (SSSR count). The Kier molecular flexibility index (Phi) is 17.4. The van der Waals surface area contributed by atoms with Gasteiger partial charge in [-0.25, -0.2) is 18.3 Å². The fraction of sp³-hybridized carbons (Fsp3) is 0.236. The Labute approximate surface area is 572 Å². The summed E-state index contributed by atoms with van der Waals surface area (Å²) in [7, 11) is 7.75. The van der Waals surface area contributed by atoms with Gasteiger partial charge in [0.2, 0.25) is 22.8 Å². The van der Waals surface area contributed by atoms with Crippen molar-refractivity contribution in [2.24, 2.45) is 28.2 Å². The van der Waals surface area contributed by atoms with Gasteiger partial charge in [0.1, 0.15) is 28.2 Å². The van der Waals surface area contributed by atoms with Gasteiger partial charge in [-0.3, -0.25) is 0 Å². The van der Waals surface area contributed by atoms with Gasteiger partial charge in [-0.05, 0) is 194 Å². The molecular weight excluding hydrogens is 1130 g/mol. The van der Waals surface area contributed by atoms with E-state index in [1.165, 1.54) is 63.9 Å². The fourth-order valence-electron chi connectivity index (χ4n) is 12.4. The first-order valence-corrected chi connectivity index (χ1v) is 32.4. The molecule has 4 heteroatoms. The second kappa shape index (κ2) is 30.7. The van der Waals surface area contributed by atoms with Gasteiger partial charge in [0, 0.05) is 84.4 Å². The van der Waals surface area contributed by atoms with Gasteiger partial charge in [-0.15, -0.1) is 0 Å². The number of nitrogens with zero attached hydrogens (tertiary/aromatic N) is 4. The minimum Gasteiger partial charge on any atom is -0.201 e. The first-order chi connectivity index (χ1) is 49.2. The van der Waals surface area contributed by atoms with E-state index in [0.29, 0.717) is 16.7 Å². The second-order valence-electron chi connectivity index (χ2n) is 25.0. The molecule has 0 unspecified atom stereocenters. The number of benzene rings is 8. The summed E-state index contributed by atoms with van der Waals surface area (Å²) in [4.78, 5) is 0. The Morgan fingerprint density at radius 3 is 1.13 bits per heavy atom. The SMILES string of the molecule is [2H]C([2H])([2H])c1c[n+](C)c(-c2cc(-c3ccccc3)ccc2C)cc1C.[2H]C([2H])([2H])c1c[n+](C)c(-c2cc(-c3ccccc3)ccc2C)cc1C([2H])(C)C.[2H]C([2H])([2H])c1ccc(-c2cc(-c3ccccc3)ccc2C)[n+](C)c1.[2H]C1(c2cc[n+](C)c(-c3cc(-c4ccccc4)ccc3C)c2)CCCCC1. The lowest BCUT2D eigenvalue weighted by molar-refractivity contribution is -0.660. The van der Waals surface area contributed by atoms with Crippen LogP contribution in [-0.2, 0) is 28.2 Å². The van der Waals surface area contributed by atoms with E-state index in [-0.39, 0.29) is 5.56 Å². The zero-order valence-electron chi connectivity index (χ0n) is 67.1. The van der Waals surface area contributed by atoms with Crippen molar-refractivity contribution >= 4 is 0 Å². The minimum atomic E-state index is -2.26. The molecule has 12 aromatic rings. The van der Waals surface area contributed by atoms with Gasteiger partial charge >= 0.3 is 0 Å². The monoisotopic (exact) mass is 1230 g/mol. The highest BCUT2D eigenvalue weighted by molar-refractivity contribution is 5.77. The molecule has 0 amide bonds. The van der Waals surface area contributed by atoms with Crippen LogP contribution in [0.3, 0.4) is 0 Å². The maximum atomic E-state index is 9.01. The summed E-state index contributed by atoms with van der Waals surface area (Å²) in [5.74, 6) is -1.44. The molecule has 0 aliphatic heterocycles. The number of pyridine rings is 4. The summed E-state index contributed by atoms with van der Waals surface area (Å²) in [6.07, 6.45) is 12.8. The van der Waals surface area contributed by atoms with Crippen molar-refractivity contribution in [3.8, 4) is 89.5 Å². The van der Waals surface area contributed by atoms with Crippen LogP contribution >= 0.6 is 0 Å². The van der Waals surface area contributed by atoms with Crippen molar-refractivity contribution in [2.75, 3.05) is 0 Å². The average Bonchev–Trinajstić information content (AvgIpc) is 0.761. The van der Waals surface area contributed by atoms with Crippen molar-refractivity contribution in [3.63, 3.8) is 0 Å². The van der Waals surface area contributed by atoms with E-state index in [0.717, 1.165) is 91.1 Å². The third kappa shape index (κ3) is 16.3.